The number of anilines is 1. The van der Waals surface area contributed by atoms with Gasteiger partial charge in [-0.1, -0.05) is 6.07 Å². The Labute approximate surface area is 171 Å². The predicted molar refractivity (Wildman–Crippen MR) is 97.6 cm³/mol. The van der Waals surface area contributed by atoms with Crippen LogP contribution >= 0.6 is 0 Å². The van der Waals surface area contributed by atoms with Gasteiger partial charge in [-0.3, -0.25) is 4.40 Å². The van der Waals surface area contributed by atoms with Crippen LogP contribution in [0.4, 0.5) is 32.2 Å². The molecule has 4 rings (SSSR count). The highest BCUT2D eigenvalue weighted by atomic mass is 19.4. The lowest BCUT2D eigenvalue weighted by Crippen LogP contribution is -2.38. The van der Waals surface area contributed by atoms with Gasteiger partial charge in [-0.25, -0.2) is 15.0 Å². The second-order valence-electron chi connectivity index (χ2n) is 6.97. The minimum atomic E-state index is -4.51. The van der Waals surface area contributed by atoms with Crippen LogP contribution in [0.5, 0.6) is 5.88 Å². The summed E-state index contributed by atoms with van der Waals surface area (Å²) in [5, 5.41) is 5.53. The van der Waals surface area contributed by atoms with Crippen molar-refractivity contribution in [3.8, 4) is 17.3 Å². The van der Waals surface area contributed by atoms with E-state index in [4.69, 9.17) is 0 Å². The molecule has 0 radical (unpaired) electrons. The summed E-state index contributed by atoms with van der Waals surface area (Å²) in [6.07, 6.45) is -4.94. The van der Waals surface area contributed by atoms with Crippen molar-refractivity contribution in [1.29, 1.82) is 0 Å². The van der Waals surface area contributed by atoms with Gasteiger partial charge in [-0.15, -0.1) is 0 Å². The van der Waals surface area contributed by atoms with Crippen molar-refractivity contribution in [1.82, 2.24) is 24.7 Å². The first kappa shape index (κ1) is 21.2. The number of aromatic nitrogens is 4. The molecule has 1 aliphatic heterocycles. The third kappa shape index (κ3) is 4.81. The fourth-order valence-electron chi connectivity index (χ4n) is 3.31. The SMILES string of the molecule is FC(F)(F)COc1cn2c(-c3cccc(NC4CNCC4C(F)(F)F)n3)cnc2cn1. The van der Waals surface area contributed by atoms with Crippen LogP contribution in [-0.2, 0) is 0 Å². The summed E-state index contributed by atoms with van der Waals surface area (Å²) in [6, 6.07) is 3.88. The van der Waals surface area contributed by atoms with E-state index in [0.717, 1.165) is 0 Å². The summed E-state index contributed by atoms with van der Waals surface area (Å²) < 4.78 is 82.8. The Hall–Kier alpha value is -3.09. The molecule has 0 aliphatic carbocycles. The number of imidazole rings is 1. The number of halogens is 6. The lowest BCUT2D eigenvalue weighted by molar-refractivity contribution is -0.170. The molecule has 3 aromatic heterocycles. The third-order valence-electron chi connectivity index (χ3n) is 4.74. The number of nitrogens with one attached hydrogen (secondary N) is 2. The van der Waals surface area contributed by atoms with Gasteiger partial charge in [0.1, 0.15) is 5.82 Å². The van der Waals surface area contributed by atoms with E-state index in [1.807, 2.05) is 0 Å². The van der Waals surface area contributed by atoms with E-state index in [9.17, 15) is 26.3 Å². The van der Waals surface area contributed by atoms with Crippen molar-refractivity contribution in [3.05, 3.63) is 36.8 Å². The molecule has 31 heavy (non-hydrogen) atoms. The molecule has 0 bridgehead atoms. The Morgan fingerprint density at radius 1 is 1.10 bits per heavy atom. The number of hydrogen-bond donors (Lipinski definition) is 2. The Morgan fingerprint density at radius 3 is 2.65 bits per heavy atom. The summed E-state index contributed by atoms with van der Waals surface area (Å²) >= 11 is 0. The zero-order chi connectivity index (χ0) is 22.2. The van der Waals surface area contributed by atoms with Crippen molar-refractivity contribution in [3.63, 3.8) is 0 Å². The van der Waals surface area contributed by atoms with Gasteiger partial charge in [0.15, 0.2) is 12.3 Å². The highest BCUT2D eigenvalue weighted by Crippen LogP contribution is 2.32. The van der Waals surface area contributed by atoms with Gasteiger partial charge in [-0.2, -0.15) is 26.3 Å². The van der Waals surface area contributed by atoms with E-state index in [-0.39, 0.29) is 24.8 Å². The zero-order valence-corrected chi connectivity index (χ0v) is 15.7. The maximum absolute atomic E-state index is 13.2. The van der Waals surface area contributed by atoms with Crippen LogP contribution in [-0.4, -0.2) is 57.4 Å². The summed E-state index contributed by atoms with van der Waals surface area (Å²) in [4.78, 5) is 12.3. The summed E-state index contributed by atoms with van der Waals surface area (Å²) in [7, 11) is 0. The average Bonchev–Trinajstić information content (AvgIpc) is 3.32. The molecule has 1 fully saturated rings. The van der Waals surface area contributed by atoms with Gasteiger partial charge in [0.05, 0.1) is 41.9 Å². The zero-order valence-electron chi connectivity index (χ0n) is 15.7. The van der Waals surface area contributed by atoms with Gasteiger partial charge < -0.3 is 15.4 Å². The first-order chi connectivity index (χ1) is 14.6. The van der Waals surface area contributed by atoms with Crippen LogP contribution in [0.1, 0.15) is 0 Å². The summed E-state index contributed by atoms with van der Waals surface area (Å²) in [6.45, 7) is -1.54. The molecule has 166 valence electrons. The molecule has 4 heterocycles. The minimum Gasteiger partial charge on any atom is -0.467 e. The molecule has 3 aromatic rings. The van der Waals surface area contributed by atoms with Crippen LogP contribution < -0.4 is 15.4 Å². The summed E-state index contributed by atoms with van der Waals surface area (Å²) in [5.74, 6) is -1.57. The highest BCUT2D eigenvalue weighted by molar-refractivity contribution is 5.61. The van der Waals surface area contributed by atoms with Crippen molar-refractivity contribution < 1.29 is 31.1 Å². The largest absolute Gasteiger partial charge is 0.467 e. The quantitative estimate of drug-likeness (QED) is 0.586. The minimum absolute atomic E-state index is 0.136. The molecule has 1 aliphatic rings. The van der Waals surface area contributed by atoms with E-state index in [2.05, 4.69) is 30.3 Å². The molecule has 2 N–H and O–H groups in total. The second-order valence-corrected chi connectivity index (χ2v) is 6.97. The number of fused-ring (bicyclic) bond motifs is 1. The molecule has 1 saturated heterocycles. The van der Waals surface area contributed by atoms with Crippen molar-refractivity contribution in [2.45, 2.75) is 18.4 Å². The summed E-state index contributed by atoms with van der Waals surface area (Å²) in [5.41, 5.74) is 1.11. The van der Waals surface area contributed by atoms with Crippen molar-refractivity contribution in [2.75, 3.05) is 25.0 Å². The van der Waals surface area contributed by atoms with Crippen LogP contribution in [0.15, 0.2) is 36.8 Å². The predicted octanol–water partition coefficient (Wildman–Crippen LogP) is 3.29. The Morgan fingerprint density at radius 2 is 1.90 bits per heavy atom. The van der Waals surface area contributed by atoms with Crippen LogP contribution in [0.3, 0.4) is 0 Å². The van der Waals surface area contributed by atoms with Crippen molar-refractivity contribution >= 4 is 11.5 Å². The van der Waals surface area contributed by atoms with Crippen LogP contribution in [0.2, 0.25) is 0 Å². The van der Waals surface area contributed by atoms with Crippen LogP contribution in [0, 0.1) is 5.92 Å². The normalized spacial score (nSPS) is 19.7. The average molecular weight is 446 g/mol. The fourth-order valence-corrected chi connectivity index (χ4v) is 3.31. The standard InChI is InChI=1S/C18H16F6N6O/c19-17(20,21)9-31-16-8-30-13(6-26-15(30)7-27-16)11-2-1-3-14(28-11)29-12-5-25-4-10(12)18(22,23)24/h1-3,6-8,10,12,25H,4-5,9H2,(H,28,29). The lowest BCUT2D eigenvalue weighted by atomic mass is 10.0. The number of alkyl halides is 6. The Kier molecular flexibility index (Phi) is 5.37. The third-order valence-corrected chi connectivity index (χ3v) is 4.74. The lowest BCUT2D eigenvalue weighted by Gasteiger charge is -2.22. The smallest absolute Gasteiger partial charge is 0.422 e. The second kappa shape index (κ2) is 7.87. The van der Waals surface area contributed by atoms with Crippen molar-refractivity contribution in [2.24, 2.45) is 5.92 Å². The van der Waals surface area contributed by atoms with Gasteiger partial charge in [0, 0.05) is 13.1 Å². The molecule has 7 nitrogen and oxygen atoms in total. The number of hydrogen-bond acceptors (Lipinski definition) is 6. The molecule has 2 unspecified atom stereocenters. The van der Waals surface area contributed by atoms with Gasteiger partial charge >= 0.3 is 12.4 Å². The molecule has 0 saturated carbocycles. The number of nitrogens with zero attached hydrogens (tertiary/aromatic N) is 4. The van der Waals surface area contributed by atoms with E-state index >= 15 is 0 Å². The van der Waals surface area contributed by atoms with E-state index in [0.29, 0.717) is 17.0 Å². The topological polar surface area (TPSA) is 76.4 Å². The molecule has 0 aromatic carbocycles. The number of ether oxygens (including phenoxy) is 1. The van der Waals surface area contributed by atoms with E-state index < -0.39 is 30.9 Å². The molecule has 0 spiro atoms. The van der Waals surface area contributed by atoms with Crippen LogP contribution in [0.25, 0.3) is 17.0 Å². The maximum Gasteiger partial charge on any atom is 0.422 e. The van der Waals surface area contributed by atoms with E-state index in [1.54, 1.807) is 12.1 Å². The molecule has 0 amide bonds. The number of rotatable bonds is 5. The molecule has 13 heteroatoms. The molecular weight excluding hydrogens is 430 g/mol. The first-order valence-corrected chi connectivity index (χ1v) is 9.14. The maximum atomic E-state index is 13.2. The molecular formula is C18H16F6N6O. The number of pyridine rings is 1. The first-order valence-electron chi connectivity index (χ1n) is 9.14. The Balaban J connectivity index is 1.58. The van der Waals surface area contributed by atoms with Gasteiger partial charge in [0.25, 0.3) is 0 Å². The molecule has 2 atom stereocenters. The Bertz CT molecular complexity index is 1070. The monoisotopic (exact) mass is 446 g/mol. The fraction of sp³-hybridized carbons (Fsp3) is 0.389. The van der Waals surface area contributed by atoms with Gasteiger partial charge in [-0.05, 0) is 12.1 Å². The highest BCUT2D eigenvalue weighted by Gasteiger charge is 2.47. The van der Waals surface area contributed by atoms with Gasteiger partial charge in [0.2, 0.25) is 5.88 Å². The van der Waals surface area contributed by atoms with E-state index in [1.165, 1.54) is 29.1 Å².